The van der Waals surface area contributed by atoms with Crippen LogP contribution in [0.5, 0.6) is 0 Å². The molecule has 2 aromatic rings. The lowest BCUT2D eigenvalue weighted by atomic mass is 10.2. The van der Waals surface area contributed by atoms with Gasteiger partial charge in [-0.05, 0) is 43.3 Å². The second-order valence-electron chi connectivity index (χ2n) is 4.02. The van der Waals surface area contributed by atoms with Crippen molar-refractivity contribution in [3.05, 3.63) is 47.5 Å². The molecule has 0 unspecified atom stereocenters. The number of hydrogen-bond donors (Lipinski definition) is 1. The summed E-state index contributed by atoms with van der Waals surface area (Å²) in [7, 11) is 0. The van der Waals surface area contributed by atoms with Crippen LogP contribution < -0.4 is 5.32 Å². The van der Waals surface area contributed by atoms with Gasteiger partial charge >= 0.3 is 0 Å². The van der Waals surface area contributed by atoms with E-state index in [1.165, 1.54) is 12.1 Å². The summed E-state index contributed by atoms with van der Waals surface area (Å²) >= 11 is 0. The van der Waals surface area contributed by atoms with Crippen LogP contribution in [0.1, 0.15) is 18.2 Å². The smallest absolute Gasteiger partial charge is 0.125 e. The van der Waals surface area contributed by atoms with E-state index in [0.29, 0.717) is 0 Å². The van der Waals surface area contributed by atoms with Crippen LogP contribution in [0, 0.1) is 12.7 Å². The number of aromatic nitrogens is 2. The average Bonchev–Trinajstić information content (AvgIpc) is 2.73. The van der Waals surface area contributed by atoms with Gasteiger partial charge in [-0.3, -0.25) is 0 Å². The maximum absolute atomic E-state index is 13.3. The summed E-state index contributed by atoms with van der Waals surface area (Å²) in [6.45, 7) is 5.56. The van der Waals surface area contributed by atoms with Gasteiger partial charge in [0.1, 0.15) is 5.82 Å². The van der Waals surface area contributed by atoms with Gasteiger partial charge in [0.2, 0.25) is 0 Å². The number of aryl methyl sites for hydroxylation is 1. The van der Waals surface area contributed by atoms with E-state index < -0.39 is 0 Å². The Kier molecular flexibility index (Phi) is 3.54. The quantitative estimate of drug-likeness (QED) is 0.879. The van der Waals surface area contributed by atoms with Crippen molar-refractivity contribution in [2.24, 2.45) is 0 Å². The average molecular weight is 233 g/mol. The SMILES string of the molecule is CCNCc1ccn(-c2cc(C)cc(F)c2)n1. The van der Waals surface area contributed by atoms with E-state index in [-0.39, 0.29) is 5.82 Å². The van der Waals surface area contributed by atoms with E-state index >= 15 is 0 Å². The first-order valence-corrected chi connectivity index (χ1v) is 5.72. The van der Waals surface area contributed by atoms with Crippen molar-refractivity contribution in [2.45, 2.75) is 20.4 Å². The van der Waals surface area contributed by atoms with Gasteiger partial charge in [-0.25, -0.2) is 9.07 Å². The first kappa shape index (κ1) is 11.8. The lowest BCUT2D eigenvalue weighted by Gasteiger charge is -2.03. The van der Waals surface area contributed by atoms with Crippen LogP contribution in [-0.4, -0.2) is 16.3 Å². The third kappa shape index (κ3) is 2.91. The molecule has 0 bridgehead atoms. The Morgan fingerprint density at radius 2 is 2.18 bits per heavy atom. The Morgan fingerprint density at radius 1 is 1.35 bits per heavy atom. The van der Waals surface area contributed by atoms with Gasteiger partial charge in [0, 0.05) is 12.7 Å². The molecule has 0 radical (unpaired) electrons. The highest BCUT2D eigenvalue weighted by molar-refractivity contribution is 5.35. The number of benzene rings is 1. The molecule has 0 saturated carbocycles. The Bertz CT molecular complexity index is 485. The summed E-state index contributed by atoms with van der Waals surface area (Å²) in [6.07, 6.45) is 1.85. The Labute approximate surface area is 100 Å². The third-order valence-electron chi connectivity index (χ3n) is 2.49. The normalized spacial score (nSPS) is 10.8. The Hall–Kier alpha value is -1.68. The first-order valence-electron chi connectivity index (χ1n) is 5.72. The van der Waals surface area contributed by atoms with E-state index in [4.69, 9.17) is 0 Å². The molecule has 3 nitrogen and oxygen atoms in total. The molecule has 2 rings (SSSR count). The summed E-state index contributed by atoms with van der Waals surface area (Å²) < 4.78 is 15.0. The minimum atomic E-state index is -0.233. The molecule has 17 heavy (non-hydrogen) atoms. The molecule has 0 spiro atoms. The van der Waals surface area contributed by atoms with E-state index in [2.05, 4.69) is 10.4 Å². The van der Waals surface area contributed by atoms with Crippen LogP contribution in [-0.2, 0) is 6.54 Å². The van der Waals surface area contributed by atoms with Crippen LogP contribution in [0.4, 0.5) is 4.39 Å². The summed E-state index contributed by atoms with van der Waals surface area (Å²) in [4.78, 5) is 0. The van der Waals surface area contributed by atoms with Crippen molar-refractivity contribution < 1.29 is 4.39 Å². The van der Waals surface area contributed by atoms with Crippen molar-refractivity contribution in [2.75, 3.05) is 6.54 Å². The highest BCUT2D eigenvalue weighted by Crippen LogP contribution is 2.12. The monoisotopic (exact) mass is 233 g/mol. The molecule has 1 heterocycles. The van der Waals surface area contributed by atoms with Crippen LogP contribution in [0.2, 0.25) is 0 Å². The van der Waals surface area contributed by atoms with Crippen LogP contribution in [0.3, 0.4) is 0 Å². The highest BCUT2D eigenvalue weighted by Gasteiger charge is 2.03. The number of hydrogen-bond acceptors (Lipinski definition) is 2. The molecule has 4 heteroatoms. The number of nitrogens with one attached hydrogen (secondary N) is 1. The summed E-state index contributed by atoms with van der Waals surface area (Å²) in [5.41, 5.74) is 2.60. The van der Waals surface area contributed by atoms with Gasteiger partial charge in [-0.1, -0.05) is 6.92 Å². The molecule has 0 atom stereocenters. The van der Waals surface area contributed by atoms with Crippen molar-refractivity contribution in [1.82, 2.24) is 15.1 Å². The Morgan fingerprint density at radius 3 is 2.88 bits per heavy atom. The zero-order chi connectivity index (χ0) is 12.3. The van der Waals surface area contributed by atoms with Gasteiger partial charge in [-0.15, -0.1) is 0 Å². The molecule has 1 N–H and O–H groups in total. The van der Waals surface area contributed by atoms with Gasteiger partial charge in [0.15, 0.2) is 0 Å². The number of nitrogens with zero attached hydrogens (tertiary/aromatic N) is 2. The zero-order valence-corrected chi connectivity index (χ0v) is 10.1. The largest absolute Gasteiger partial charge is 0.311 e. The van der Waals surface area contributed by atoms with Crippen molar-refractivity contribution in [3.63, 3.8) is 0 Å². The predicted octanol–water partition coefficient (Wildman–Crippen LogP) is 2.43. The van der Waals surface area contributed by atoms with Crippen molar-refractivity contribution >= 4 is 0 Å². The van der Waals surface area contributed by atoms with E-state index in [0.717, 1.165) is 30.0 Å². The number of halogens is 1. The van der Waals surface area contributed by atoms with Gasteiger partial charge < -0.3 is 5.32 Å². The lowest BCUT2D eigenvalue weighted by Crippen LogP contribution is -2.12. The standard InChI is InChI=1S/C13H16FN3/c1-3-15-9-12-4-5-17(16-12)13-7-10(2)6-11(14)8-13/h4-8,15H,3,9H2,1-2H3. The Balaban J connectivity index is 2.24. The molecule has 0 aliphatic heterocycles. The van der Waals surface area contributed by atoms with Gasteiger partial charge in [0.05, 0.1) is 11.4 Å². The summed E-state index contributed by atoms with van der Waals surface area (Å²) in [5.74, 6) is -0.233. The minimum Gasteiger partial charge on any atom is -0.311 e. The molecule has 0 aliphatic carbocycles. The molecule has 0 fully saturated rings. The van der Waals surface area contributed by atoms with Crippen LogP contribution in [0.25, 0.3) is 5.69 Å². The predicted molar refractivity (Wildman–Crippen MR) is 65.6 cm³/mol. The zero-order valence-electron chi connectivity index (χ0n) is 10.1. The summed E-state index contributed by atoms with van der Waals surface area (Å²) in [6, 6.07) is 6.83. The molecule has 0 amide bonds. The van der Waals surface area contributed by atoms with Crippen molar-refractivity contribution in [3.8, 4) is 5.69 Å². The third-order valence-corrected chi connectivity index (χ3v) is 2.49. The van der Waals surface area contributed by atoms with E-state index in [1.807, 2.05) is 32.2 Å². The first-order chi connectivity index (χ1) is 8.19. The lowest BCUT2D eigenvalue weighted by molar-refractivity contribution is 0.623. The maximum Gasteiger partial charge on any atom is 0.125 e. The maximum atomic E-state index is 13.3. The van der Waals surface area contributed by atoms with Crippen molar-refractivity contribution in [1.29, 1.82) is 0 Å². The second-order valence-corrected chi connectivity index (χ2v) is 4.02. The number of rotatable bonds is 4. The molecule has 0 aliphatic rings. The second kappa shape index (κ2) is 5.10. The van der Waals surface area contributed by atoms with Crippen LogP contribution >= 0.6 is 0 Å². The minimum absolute atomic E-state index is 0.233. The molecule has 0 saturated heterocycles. The van der Waals surface area contributed by atoms with Gasteiger partial charge in [-0.2, -0.15) is 5.10 Å². The molecular formula is C13H16FN3. The molecule has 1 aromatic heterocycles. The summed E-state index contributed by atoms with van der Waals surface area (Å²) in [5, 5.41) is 7.59. The molecule has 90 valence electrons. The molecule has 1 aromatic carbocycles. The van der Waals surface area contributed by atoms with Gasteiger partial charge in [0.25, 0.3) is 0 Å². The fraction of sp³-hybridized carbons (Fsp3) is 0.308. The fourth-order valence-corrected chi connectivity index (χ4v) is 1.70. The molecular weight excluding hydrogens is 217 g/mol. The topological polar surface area (TPSA) is 29.9 Å². The van der Waals surface area contributed by atoms with E-state index in [9.17, 15) is 4.39 Å². The van der Waals surface area contributed by atoms with E-state index in [1.54, 1.807) is 4.68 Å². The van der Waals surface area contributed by atoms with Crippen LogP contribution in [0.15, 0.2) is 30.5 Å². The highest BCUT2D eigenvalue weighted by atomic mass is 19.1. The fourth-order valence-electron chi connectivity index (χ4n) is 1.70.